The predicted octanol–water partition coefficient (Wildman–Crippen LogP) is 4.39. The van der Waals surface area contributed by atoms with Gasteiger partial charge in [0.1, 0.15) is 6.33 Å². The van der Waals surface area contributed by atoms with Crippen LogP contribution < -0.4 is 0 Å². The molecule has 7 nitrogen and oxygen atoms in total. The smallest absolute Gasteiger partial charge is 0.311 e. The first-order valence-electron chi connectivity index (χ1n) is 8.16. The van der Waals surface area contributed by atoms with Crippen LogP contribution in [0.25, 0.3) is 16.7 Å². The number of hydrogen-bond acceptors (Lipinski definition) is 5. The van der Waals surface area contributed by atoms with E-state index in [2.05, 4.69) is 9.98 Å². The maximum Gasteiger partial charge on any atom is 0.311 e. The molecule has 0 unspecified atom stereocenters. The van der Waals surface area contributed by atoms with Gasteiger partial charge in [-0.2, -0.15) is 0 Å². The van der Waals surface area contributed by atoms with Gasteiger partial charge in [0.05, 0.1) is 21.6 Å². The molecule has 3 aromatic carbocycles. The Morgan fingerprint density at radius 1 is 1.07 bits per heavy atom. The van der Waals surface area contributed by atoms with Crippen molar-refractivity contribution in [1.82, 2.24) is 9.55 Å². The predicted molar refractivity (Wildman–Crippen MR) is 103 cm³/mol. The number of aromatic hydroxyl groups is 1. The lowest BCUT2D eigenvalue weighted by atomic mass is 10.2. The van der Waals surface area contributed by atoms with Gasteiger partial charge in [-0.05, 0) is 36.4 Å². The third kappa shape index (κ3) is 3.13. The molecule has 0 radical (unpaired) electrons. The van der Waals surface area contributed by atoms with Gasteiger partial charge in [0.15, 0.2) is 0 Å². The molecule has 0 atom stereocenters. The summed E-state index contributed by atoms with van der Waals surface area (Å²) in [7, 11) is 0. The molecule has 0 fully saturated rings. The molecule has 0 aliphatic rings. The first kappa shape index (κ1) is 16.5. The number of rotatable bonds is 4. The van der Waals surface area contributed by atoms with Crippen molar-refractivity contribution >= 4 is 28.6 Å². The van der Waals surface area contributed by atoms with Crippen LogP contribution >= 0.6 is 0 Å². The zero-order valence-corrected chi connectivity index (χ0v) is 14.1. The highest BCUT2D eigenvalue weighted by atomic mass is 16.6. The molecule has 27 heavy (non-hydrogen) atoms. The van der Waals surface area contributed by atoms with Crippen molar-refractivity contribution in [2.45, 2.75) is 0 Å². The van der Waals surface area contributed by atoms with Gasteiger partial charge in [0.2, 0.25) is 5.75 Å². The Labute approximate surface area is 154 Å². The van der Waals surface area contributed by atoms with Crippen LogP contribution in [-0.2, 0) is 0 Å². The van der Waals surface area contributed by atoms with Crippen LogP contribution in [0.2, 0.25) is 0 Å². The fraction of sp³-hybridized carbons (Fsp3) is 0. The number of benzene rings is 3. The molecule has 4 rings (SSSR count). The molecule has 1 heterocycles. The van der Waals surface area contributed by atoms with E-state index in [1.807, 2.05) is 53.1 Å². The molecule has 0 bridgehead atoms. The number of imidazole rings is 1. The minimum Gasteiger partial charge on any atom is -0.502 e. The van der Waals surface area contributed by atoms with E-state index in [4.69, 9.17) is 0 Å². The highest BCUT2D eigenvalue weighted by Gasteiger charge is 2.15. The van der Waals surface area contributed by atoms with Crippen molar-refractivity contribution in [1.29, 1.82) is 0 Å². The average Bonchev–Trinajstić information content (AvgIpc) is 3.11. The summed E-state index contributed by atoms with van der Waals surface area (Å²) in [5.41, 5.74) is 3.29. The largest absolute Gasteiger partial charge is 0.502 e. The molecule has 0 aliphatic heterocycles. The molecule has 0 aliphatic carbocycles. The SMILES string of the molecule is O=[N+]([O-])c1cccc(C=Nc2ccc3c(c2)ncn3-c2ccccc2)c1O. The molecular weight excluding hydrogens is 344 g/mol. The van der Waals surface area contributed by atoms with E-state index in [0.29, 0.717) is 5.69 Å². The monoisotopic (exact) mass is 358 g/mol. The number of hydrogen-bond donors (Lipinski definition) is 1. The molecule has 132 valence electrons. The Hall–Kier alpha value is -4.00. The Morgan fingerprint density at radius 2 is 1.89 bits per heavy atom. The number of nitro benzene ring substituents is 1. The van der Waals surface area contributed by atoms with E-state index in [1.165, 1.54) is 18.3 Å². The van der Waals surface area contributed by atoms with Crippen molar-refractivity contribution < 1.29 is 10.0 Å². The van der Waals surface area contributed by atoms with Crippen LogP contribution in [-0.4, -0.2) is 25.8 Å². The summed E-state index contributed by atoms with van der Waals surface area (Å²) in [6.45, 7) is 0. The average molecular weight is 358 g/mol. The van der Waals surface area contributed by atoms with E-state index < -0.39 is 10.7 Å². The Balaban J connectivity index is 1.67. The summed E-state index contributed by atoms with van der Waals surface area (Å²) in [5, 5.41) is 20.9. The molecule has 0 amide bonds. The van der Waals surface area contributed by atoms with Gasteiger partial charge in [-0.25, -0.2) is 4.98 Å². The van der Waals surface area contributed by atoms with Gasteiger partial charge in [-0.1, -0.05) is 24.3 Å². The molecular formula is C20H14N4O3. The van der Waals surface area contributed by atoms with Crippen LogP contribution in [0.5, 0.6) is 5.75 Å². The van der Waals surface area contributed by atoms with Crippen LogP contribution in [0, 0.1) is 10.1 Å². The van der Waals surface area contributed by atoms with E-state index in [9.17, 15) is 15.2 Å². The van der Waals surface area contributed by atoms with Crippen LogP contribution in [0.4, 0.5) is 11.4 Å². The lowest BCUT2D eigenvalue weighted by Gasteiger charge is -2.03. The maximum atomic E-state index is 10.9. The number of nitro groups is 1. The van der Waals surface area contributed by atoms with Gasteiger partial charge >= 0.3 is 5.69 Å². The normalized spacial score (nSPS) is 11.3. The minimum absolute atomic E-state index is 0.277. The standard InChI is InChI=1S/C20H14N4O3/c25-20-14(5-4-8-19(20)24(26)27)12-21-15-9-10-18-17(11-15)22-13-23(18)16-6-2-1-3-7-16/h1-13,25H. The molecule has 0 spiro atoms. The first-order chi connectivity index (χ1) is 13.1. The van der Waals surface area contributed by atoms with Crippen molar-refractivity contribution in [2.24, 2.45) is 4.99 Å². The second kappa shape index (κ2) is 6.72. The van der Waals surface area contributed by atoms with Gasteiger partial charge in [-0.3, -0.25) is 19.7 Å². The number of phenols is 1. The third-order valence-corrected chi connectivity index (χ3v) is 4.16. The van der Waals surface area contributed by atoms with Gasteiger partial charge < -0.3 is 5.11 Å². The lowest BCUT2D eigenvalue weighted by Crippen LogP contribution is -1.91. The highest BCUT2D eigenvalue weighted by molar-refractivity contribution is 5.88. The summed E-state index contributed by atoms with van der Waals surface area (Å²) in [6.07, 6.45) is 3.15. The van der Waals surface area contributed by atoms with Crippen molar-refractivity contribution in [3.63, 3.8) is 0 Å². The number of nitrogens with zero attached hydrogens (tertiary/aromatic N) is 4. The van der Waals surface area contributed by atoms with E-state index in [0.717, 1.165) is 16.7 Å². The Morgan fingerprint density at radius 3 is 2.67 bits per heavy atom. The van der Waals surface area contributed by atoms with Gasteiger partial charge in [0.25, 0.3) is 0 Å². The molecule has 7 heteroatoms. The molecule has 0 saturated carbocycles. The quantitative estimate of drug-likeness (QED) is 0.332. The summed E-state index contributed by atoms with van der Waals surface area (Å²) < 4.78 is 1.98. The van der Waals surface area contributed by atoms with Gasteiger partial charge in [-0.15, -0.1) is 0 Å². The van der Waals surface area contributed by atoms with Crippen LogP contribution in [0.3, 0.4) is 0 Å². The summed E-state index contributed by atoms with van der Waals surface area (Å²) in [6, 6.07) is 19.8. The minimum atomic E-state index is -0.630. The van der Waals surface area contributed by atoms with E-state index >= 15 is 0 Å². The lowest BCUT2D eigenvalue weighted by molar-refractivity contribution is -0.385. The van der Waals surface area contributed by atoms with Crippen LogP contribution in [0.1, 0.15) is 5.56 Å². The van der Waals surface area contributed by atoms with Crippen molar-refractivity contribution in [3.05, 3.63) is 88.7 Å². The number of phenolic OH excluding ortho intramolecular Hbond substituents is 1. The molecule has 4 aromatic rings. The first-order valence-corrected chi connectivity index (χ1v) is 8.16. The zero-order valence-electron chi connectivity index (χ0n) is 14.1. The Kier molecular flexibility index (Phi) is 4.10. The summed E-state index contributed by atoms with van der Waals surface area (Å²) >= 11 is 0. The second-order valence-electron chi connectivity index (χ2n) is 5.85. The molecule has 0 saturated heterocycles. The van der Waals surface area contributed by atoms with E-state index in [-0.39, 0.29) is 11.3 Å². The third-order valence-electron chi connectivity index (χ3n) is 4.16. The fourth-order valence-electron chi connectivity index (χ4n) is 2.82. The summed E-state index contributed by atoms with van der Waals surface area (Å²) in [4.78, 5) is 19.0. The van der Waals surface area contributed by atoms with Crippen LogP contribution in [0.15, 0.2) is 78.0 Å². The fourth-order valence-corrected chi connectivity index (χ4v) is 2.82. The number of aromatic nitrogens is 2. The van der Waals surface area contributed by atoms with Crippen molar-refractivity contribution in [3.8, 4) is 11.4 Å². The Bertz CT molecular complexity index is 1170. The zero-order chi connectivity index (χ0) is 18.8. The summed E-state index contributed by atoms with van der Waals surface area (Å²) in [5.74, 6) is -0.402. The number of para-hydroxylation sites is 2. The maximum absolute atomic E-state index is 10.9. The molecule has 1 aromatic heterocycles. The van der Waals surface area contributed by atoms with E-state index in [1.54, 1.807) is 12.4 Å². The van der Waals surface area contributed by atoms with Crippen molar-refractivity contribution in [2.75, 3.05) is 0 Å². The van der Waals surface area contributed by atoms with Gasteiger partial charge in [0, 0.05) is 23.5 Å². The molecule has 1 N–H and O–H groups in total. The number of aliphatic imine (C=N–C) groups is 1. The topological polar surface area (TPSA) is 93.5 Å². The second-order valence-corrected chi connectivity index (χ2v) is 5.85. The highest BCUT2D eigenvalue weighted by Crippen LogP contribution is 2.29. The number of fused-ring (bicyclic) bond motifs is 1.